The topological polar surface area (TPSA) is 67.9 Å². The molecule has 2 amide bonds. The lowest BCUT2D eigenvalue weighted by Crippen LogP contribution is -2.38. The van der Waals surface area contributed by atoms with Crippen molar-refractivity contribution in [2.45, 2.75) is 51.9 Å². The second kappa shape index (κ2) is 9.62. The van der Waals surface area contributed by atoms with Crippen LogP contribution in [0, 0.1) is 5.92 Å². The number of fused-ring (bicyclic) bond motifs is 1. The molecule has 0 unspecified atom stereocenters. The van der Waals surface area contributed by atoms with Gasteiger partial charge in [0, 0.05) is 24.7 Å². The highest BCUT2D eigenvalue weighted by Crippen LogP contribution is 2.32. The summed E-state index contributed by atoms with van der Waals surface area (Å²) in [5.74, 6) is 1.87. The summed E-state index contributed by atoms with van der Waals surface area (Å²) in [5, 5.41) is 2.85. The van der Waals surface area contributed by atoms with Crippen LogP contribution in [0.5, 0.6) is 11.5 Å². The molecule has 3 rings (SSSR count). The maximum atomic E-state index is 12.5. The van der Waals surface area contributed by atoms with Crippen LogP contribution in [0.25, 0.3) is 0 Å². The average molecular weight is 374 g/mol. The number of nitrogens with one attached hydrogen (secondary N) is 1. The average Bonchev–Trinajstić information content (AvgIpc) is 2.71. The summed E-state index contributed by atoms with van der Waals surface area (Å²) in [6.07, 6.45) is 7.86. The van der Waals surface area contributed by atoms with Gasteiger partial charge in [0.1, 0.15) is 13.2 Å². The number of carbonyl (C=O) groups is 2. The van der Waals surface area contributed by atoms with Crippen LogP contribution in [0.1, 0.15) is 51.9 Å². The molecule has 1 aliphatic heterocycles. The molecule has 1 heterocycles. The SMILES string of the molecule is CCN(CC(=O)Nc1ccc2c(c1)OCCO2)C(=O)CCC1CCCCC1. The molecule has 1 fully saturated rings. The van der Waals surface area contributed by atoms with Crippen LogP contribution in [0.15, 0.2) is 18.2 Å². The zero-order valence-electron chi connectivity index (χ0n) is 16.2. The molecule has 1 saturated carbocycles. The third-order valence-electron chi connectivity index (χ3n) is 5.39. The molecule has 6 nitrogen and oxygen atoms in total. The van der Waals surface area contributed by atoms with Gasteiger partial charge in [0.2, 0.25) is 11.8 Å². The van der Waals surface area contributed by atoms with Gasteiger partial charge in [0.25, 0.3) is 0 Å². The Hall–Kier alpha value is -2.24. The molecular weight excluding hydrogens is 344 g/mol. The van der Waals surface area contributed by atoms with Crippen molar-refractivity contribution < 1.29 is 19.1 Å². The number of nitrogens with zero attached hydrogens (tertiary/aromatic N) is 1. The summed E-state index contributed by atoms with van der Waals surface area (Å²) < 4.78 is 11.0. The standard InChI is InChI=1S/C21H30N2O4/c1-2-23(21(25)11-8-16-6-4-3-5-7-16)15-20(24)22-17-9-10-18-19(14-17)27-13-12-26-18/h9-10,14,16H,2-8,11-13,15H2,1H3,(H,22,24). The van der Waals surface area contributed by atoms with Gasteiger partial charge in [-0.1, -0.05) is 32.1 Å². The fourth-order valence-corrected chi connectivity index (χ4v) is 3.83. The van der Waals surface area contributed by atoms with E-state index in [4.69, 9.17) is 9.47 Å². The van der Waals surface area contributed by atoms with Gasteiger partial charge in [-0.05, 0) is 31.4 Å². The van der Waals surface area contributed by atoms with Crippen molar-refractivity contribution >= 4 is 17.5 Å². The molecular formula is C21H30N2O4. The van der Waals surface area contributed by atoms with Gasteiger partial charge in [-0.25, -0.2) is 0 Å². The highest BCUT2D eigenvalue weighted by Gasteiger charge is 2.20. The van der Waals surface area contributed by atoms with Crippen molar-refractivity contribution in [3.8, 4) is 11.5 Å². The number of anilines is 1. The van der Waals surface area contributed by atoms with E-state index >= 15 is 0 Å². The second-order valence-corrected chi connectivity index (χ2v) is 7.36. The van der Waals surface area contributed by atoms with Gasteiger partial charge in [-0.3, -0.25) is 9.59 Å². The van der Waals surface area contributed by atoms with E-state index in [1.807, 2.05) is 6.92 Å². The maximum absolute atomic E-state index is 12.5. The van der Waals surface area contributed by atoms with Crippen LogP contribution >= 0.6 is 0 Å². The lowest BCUT2D eigenvalue weighted by atomic mass is 9.86. The van der Waals surface area contributed by atoms with Crippen LogP contribution in [0.3, 0.4) is 0 Å². The van der Waals surface area contributed by atoms with Gasteiger partial charge < -0.3 is 19.7 Å². The minimum Gasteiger partial charge on any atom is -0.486 e. The summed E-state index contributed by atoms with van der Waals surface area (Å²) >= 11 is 0. The number of ether oxygens (including phenoxy) is 2. The van der Waals surface area contributed by atoms with Crippen molar-refractivity contribution in [3.63, 3.8) is 0 Å². The van der Waals surface area contributed by atoms with Crippen molar-refractivity contribution in [1.29, 1.82) is 0 Å². The summed E-state index contributed by atoms with van der Waals surface area (Å²) in [4.78, 5) is 26.5. The van der Waals surface area contributed by atoms with E-state index in [9.17, 15) is 9.59 Å². The number of amides is 2. The molecule has 27 heavy (non-hydrogen) atoms. The number of carbonyl (C=O) groups excluding carboxylic acids is 2. The fraction of sp³-hybridized carbons (Fsp3) is 0.619. The Morgan fingerprint density at radius 3 is 2.59 bits per heavy atom. The van der Waals surface area contributed by atoms with E-state index < -0.39 is 0 Å². The second-order valence-electron chi connectivity index (χ2n) is 7.36. The fourth-order valence-electron chi connectivity index (χ4n) is 3.83. The lowest BCUT2D eigenvalue weighted by Gasteiger charge is -2.24. The summed E-state index contributed by atoms with van der Waals surface area (Å²) in [6, 6.07) is 5.33. The Bertz CT molecular complexity index is 656. The minimum absolute atomic E-state index is 0.0698. The lowest BCUT2D eigenvalue weighted by molar-refractivity contribution is -0.134. The molecule has 2 aliphatic rings. The third-order valence-corrected chi connectivity index (χ3v) is 5.39. The first-order chi connectivity index (χ1) is 13.2. The molecule has 6 heteroatoms. The quantitative estimate of drug-likeness (QED) is 0.792. The van der Waals surface area contributed by atoms with E-state index in [1.165, 1.54) is 32.1 Å². The van der Waals surface area contributed by atoms with Crippen LogP contribution in [0.2, 0.25) is 0 Å². The van der Waals surface area contributed by atoms with Gasteiger partial charge in [0.05, 0.1) is 6.54 Å². The number of hydrogen-bond donors (Lipinski definition) is 1. The van der Waals surface area contributed by atoms with E-state index in [2.05, 4.69) is 5.32 Å². The molecule has 0 spiro atoms. The first kappa shape index (κ1) is 19.5. The van der Waals surface area contributed by atoms with Gasteiger partial charge in [-0.15, -0.1) is 0 Å². The van der Waals surface area contributed by atoms with Crippen LogP contribution < -0.4 is 14.8 Å². The van der Waals surface area contributed by atoms with Gasteiger partial charge in [0.15, 0.2) is 11.5 Å². The van der Waals surface area contributed by atoms with E-state index in [1.54, 1.807) is 23.1 Å². The van der Waals surface area contributed by atoms with Crippen LogP contribution in [0.4, 0.5) is 5.69 Å². The number of benzene rings is 1. The minimum atomic E-state index is -0.195. The number of rotatable bonds is 7. The van der Waals surface area contributed by atoms with E-state index in [0.29, 0.717) is 49.3 Å². The largest absolute Gasteiger partial charge is 0.486 e. The first-order valence-electron chi connectivity index (χ1n) is 10.1. The van der Waals surface area contributed by atoms with Crippen LogP contribution in [-0.4, -0.2) is 43.0 Å². The third kappa shape index (κ3) is 5.62. The molecule has 1 N–H and O–H groups in total. The summed E-state index contributed by atoms with van der Waals surface area (Å²) in [7, 11) is 0. The van der Waals surface area contributed by atoms with E-state index in [-0.39, 0.29) is 18.4 Å². The van der Waals surface area contributed by atoms with Crippen LogP contribution in [-0.2, 0) is 9.59 Å². The van der Waals surface area contributed by atoms with E-state index in [0.717, 1.165) is 6.42 Å². The Morgan fingerprint density at radius 2 is 1.85 bits per heavy atom. The predicted molar refractivity (Wildman–Crippen MR) is 104 cm³/mol. The molecule has 1 aliphatic carbocycles. The number of likely N-dealkylation sites (N-methyl/N-ethyl adjacent to an activating group) is 1. The van der Waals surface area contributed by atoms with Crippen molar-refractivity contribution in [2.24, 2.45) is 5.92 Å². The summed E-state index contributed by atoms with van der Waals surface area (Å²) in [5.41, 5.74) is 0.648. The Labute approximate surface area is 161 Å². The molecule has 0 bridgehead atoms. The summed E-state index contributed by atoms with van der Waals surface area (Å²) in [6.45, 7) is 3.57. The molecule has 0 radical (unpaired) electrons. The predicted octanol–water partition coefficient (Wildman–Crippen LogP) is 3.61. The molecule has 0 atom stereocenters. The van der Waals surface area contributed by atoms with Crippen molar-refractivity contribution in [3.05, 3.63) is 18.2 Å². The number of hydrogen-bond acceptors (Lipinski definition) is 4. The zero-order valence-corrected chi connectivity index (χ0v) is 16.2. The smallest absolute Gasteiger partial charge is 0.243 e. The van der Waals surface area contributed by atoms with Gasteiger partial charge in [-0.2, -0.15) is 0 Å². The van der Waals surface area contributed by atoms with Crippen molar-refractivity contribution in [2.75, 3.05) is 31.6 Å². The monoisotopic (exact) mass is 374 g/mol. The normalized spacial score (nSPS) is 16.6. The highest BCUT2D eigenvalue weighted by molar-refractivity contribution is 5.94. The molecule has 0 saturated heterocycles. The Balaban J connectivity index is 1.48. The molecule has 148 valence electrons. The first-order valence-corrected chi connectivity index (χ1v) is 10.1. The van der Waals surface area contributed by atoms with Gasteiger partial charge >= 0.3 is 0 Å². The molecule has 1 aromatic carbocycles. The molecule has 0 aromatic heterocycles. The molecule has 1 aromatic rings. The Morgan fingerprint density at radius 1 is 1.11 bits per heavy atom. The van der Waals surface area contributed by atoms with Crippen molar-refractivity contribution in [1.82, 2.24) is 4.90 Å². The highest BCUT2D eigenvalue weighted by atomic mass is 16.6. The zero-order chi connectivity index (χ0) is 19.1. The Kier molecular flexibility index (Phi) is 6.96. The maximum Gasteiger partial charge on any atom is 0.243 e.